The summed E-state index contributed by atoms with van der Waals surface area (Å²) in [6, 6.07) is 5.04. The van der Waals surface area contributed by atoms with Crippen molar-refractivity contribution in [3.63, 3.8) is 0 Å². The number of nitrogens with zero attached hydrogens (tertiary/aromatic N) is 1. The highest BCUT2D eigenvalue weighted by molar-refractivity contribution is 7.09. The normalized spacial score (nSPS) is 10.7. The summed E-state index contributed by atoms with van der Waals surface area (Å²) in [4.78, 5) is 4.27. The third-order valence-electron chi connectivity index (χ3n) is 2.62. The van der Waals surface area contributed by atoms with E-state index >= 15 is 0 Å². The van der Waals surface area contributed by atoms with Crippen molar-refractivity contribution in [2.75, 3.05) is 6.54 Å². The fourth-order valence-corrected chi connectivity index (χ4v) is 2.26. The van der Waals surface area contributed by atoms with Crippen LogP contribution in [0.2, 0.25) is 0 Å². The number of hydrogen-bond donors (Lipinski definition) is 1. The molecule has 1 N–H and O–H groups in total. The lowest BCUT2D eigenvalue weighted by Gasteiger charge is -2.08. The van der Waals surface area contributed by atoms with E-state index in [2.05, 4.69) is 10.3 Å². The molecule has 0 saturated carbocycles. The zero-order chi connectivity index (χ0) is 13.7. The van der Waals surface area contributed by atoms with Crippen LogP contribution in [0.25, 0.3) is 0 Å². The second kappa shape index (κ2) is 6.63. The molecule has 19 heavy (non-hydrogen) atoms. The van der Waals surface area contributed by atoms with Crippen LogP contribution in [0, 0.1) is 12.7 Å². The van der Waals surface area contributed by atoms with Gasteiger partial charge in [0.05, 0.1) is 10.7 Å². The van der Waals surface area contributed by atoms with Crippen LogP contribution in [0.15, 0.2) is 23.6 Å². The Morgan fingerprint density at radius 2 is 2.26 bits per heavy atom. The molecular formula is C14H17FN2OS. The average molecular weight is 280 g/mol. The molecule has 102 valence electrons. The maximum atomic E-state index is 13.8. The van der Waals surface area contributed by atoms with Gasteiger partial charge in [0.2, 0.25) is 0 Å². The third-order valence-corrected chi connectivity index (χ3v) is 3.44. The molecule has 2 aromatic rings. The van der Waals surface area contributed by atoms with Gasteiger partial charge in [0.15, 0.2) is 11.6 Å². The number of thiazole rings is 1. The molecule has 2 rings (SSSR count). The summed E-state index contributed by atoms with van der Waals surface area (Å²) in [6.45, 7) is 5.78. The van der Waals surface area contributed by atoms with Crippen molar-refractivity contribution < 1.29 is 9.13 Å². The topological polar surface area (TPSA) is 34.1 Å². The number of hydrogen-bond acceptors (Lipinski definition) is 4. The number of aryl methyl sites for hydroxylation is 1. The summed E-state index contributed by atoms with van der Waals surface area (Å²) in [5, 5.41) is 6.07. The van der Waals surface area contributed by atoms with Gasteiger partial charge in [0, 0.05) is 11.9 Å². The van der Waals surface area contributed by atoms with Crippen molar-refractivity contribution in [1.82, 2.24) is 10.3 Å². The highest BCUT2D eigenvalue weighted by Gasteiger charge is 2.06. The molecule has 1 heterocycles. The Morgan fingerprint density at radius 3 is 2.89 bits per heavy atom. The highest BCUT2D eigenvalue weighted by atomic mass is 32.1. The predicted octanol–water partition coefficient (Wildman–Crippen LogP) is 3.28. The largest absolute Gasteiger partial charge is 0.484 e. The van der Waals surface area contributed by atoms with Crippen molar-refractivity contribution in [3.05, 3.63) is 45.7 Å². The van der Waals surface area contributed by atoms with Gasteiger partial charge >= 0.3 is 0 Å². The zero-order valence-corrected chi connectivity index (χ0v) is 11.9. The maximum Gasteiger partial charge on any atom is 0.165 e. The van der Waals surface area contributed by atoms with Crippen LogP contribution in [0.4, 0.5) is 4.39 Å². The molecule has 0 aliphatic carbocycles. The first-order valence-electron chi connectivity index (χ1n) is 6.22. The molecule has 0 aliphatic heterocycles. The van der Waals surface area contributed by atoms with Crippen molar-refractivity contribution in [1.29, 1.82) is 0 Å². The fraction of sp³-hybridized carbons (Fsp3) is 0.357. The van der Waals surface area contributed by atoms with E-state index in [1.807, 2.05) is 25.3 Å². The molecule has 0 fully saturated rings. The molecule has 5 heteroatoms. The summed E-state index contributed by atoms with van der Waals surface area (Å²) < 4.78 is 19.3. The minimum atomic E-state index is -0.331. The third kappa shape index (κ3) is 4.01. The van der Waals surface area contributed by atoms with E-state index in [0.29, 0.717) is 13.2 Å². The Labute approximate surface area is 116 Å². The lowest BCUT2D eigenvalue weighted by molar-refractivity contribution is 0.286. The van der Waals surface area contributed by atoms with Gasteiger partial charge in [-0.05, 0) is 31.2 Å². The van der Waals surface area contributed by atoms with Gasteiger partial charge in [-0.2, -0.15) is 0 Å². The van der Waals surface area contributed by atoms with E-state index in [1.54, 1.807) is 17.4 Å². The SMILES string of the molecule is CCNCc1ccc(OCc2csc(C)n2)c(F)c1. The van der Waals surface area contributed by atoms with Crippen molar-refractivity contribution in [2.45, 2.75) is 27.0 Å². The summed E-state index contributed by atoms with van der Waals surface area (Å²) in [5.41, 5.74) is 1.75. The molecule has 0 saturated heterocycles. The Morgan fingerprint density at radius 1 is 1.42 bits per heavy atom. The number of halogens is 1. The first-order chi connectivity index (χ1) is 9.19. The standard InChI is InChI=1S/C14H17FN2OS/c1-3-16-7-11-4-5-14(13(15)6-11)18-8-12-9-19-10(2)17-12/h4-6,9,16H,3,7-8H2,1-2H3. The lowest BCUT2D eigenvalue weighted by atomic mass is 10.2. The monoisotopic (exact) mass is 280 g/mol. The van der Waals surface area contributed by atoms with Gasteiger partial charge in [-0.15, -0.1) is 11.3 Å². The van der Waals surface area contributed by atoms with Gasteiger partial charge in [-0.1, -0.05) is 13.0 Å². The molecule has 1 aromatic carbocycles. The molecule has 0 unspecified atom stereocenters. The molecule has 0 amide bonds. The van der Waals surface area contributed by atoms with E-state index in [4.69, 9.17) is 4.74 Å². The van der Waals surface area contributed by atoms with Gasteiger partial charge in [-0.3, -0.25) is 0 Å². The van der Waals surface area contributed by atoms with E-state index in [9.17, 15) is 4.39 Å². The number of benzene rings is 1. The van der Waals surface area contributed by atoms with Gasteiger partial charge in [-0.25, -0.2) is 9.37 Å². The van der Waals surface area contributed by atoms with Gasteiger partial charge < -0.3 is 10.1 Å². The molecule has 0 bridgehead atoms. The minimum Gasteiger partial charge on any atom is -0.484 e. The maximum absolute atomic E-state index is 13.8. The van der Waals surface area contributed by atoms with Crippen LogP contribution in [0.1, 0.15) is 23.2 Å². The fourth-order valence-electron chi connectivity index (χ4n) is 1.67. The average Bonchev–Trinajstić information content (AvgIpc) is 2.81. The second-order valence-electron chi connectivity index (χ2n) is 4.19. The molecule has 1 aromatic heterocycles. The summed E-state index contributed by atoms with van der Waals surface area (Å²) in [7, 11) is 0. The van der Waals surface area contributed by atoms with E-state index in [-0.39, 0.29) is 11.6 Å². The van der Waals surface area contributed by atoms with Crippen molar-refractivity contribution in [3.8, 4) is 5.75 Å². The Hall–Kier alpha value is -1.46. The molecule has 0 atom stereocenters. The summed E-state index contributed by atoms with van der Waals surface area (Å²) in [6.07, 6.45) is 0. The molecule has 3 nitrogen and oxygen atoms in total. The Bertz CT molecular complexity index is 542. The molecule has 0 spiro atoms. The van der Waals surface area contributed by atoms with E-state index < -0.39 is 0 Å². The Kier molecular flexibility index (Phi) is 4.87. The quantitative estimate of drug-likeness (QED) is 0.881. The summed E-state index contributed by atoms with van der Waals surface area (Å²) >= 11 is 1.56. The van der Waals surface area contributed by atoms with Crippen LogP contribution >= 0.6 is 11.3 Å². The smallest absolute Gasteiger partial charge is 0.165 e. The first kappa shape index (κ1) is 14.0. The van der Waals surface area contributed by atoms with E-state index in [1.165, 1.54) is 6.07 Å². The van der Waals surface area contributed by atoms with Crippen LogP contribution in [-0.2, 0) is 13.2 Å². The van der Waals surface area contributed by atoms with Crippen LogP contribution < -0.4 is 10.1 Å². The first-order valence-corrected chi connectivity index (χ1v) is 7.10. The van der Waals surface area contributed by atoms with Crippen molar-refractivity contribution in [2.24, 2.45) is 0 Å². The second-order valence-corrected chi connectivity index (χ2v) is 5.25. The molecule has 0 aliphatic rings. The minimum absolute atomic E-state index is 0.269. The van der Waals surface area contributed by atoms with Crippen molar-refractivity contribution >= 4 is 11.3 Å². The van der Waals surface area contributed by atoms with Crippen LogP contribution in [-0.4, -0.2) is 11.5 Å². The lowest BCUT2D eigenvalue weighted by Crippen LogP contribution is -2.11. The van der Waals surface area contributed by atoms with Gasteiger partial charge in [0.25, 0.3) is 0 Å². The van der Waals surface area contributed by atoms with E-state index in [0.717, 1.165) is 22.8 Å². The number of nitrogens with one attached hydrogen (secondary N) is 1. The van der Waals surface area contributed by atoms with Crippen LogP contribution in [0.3, 0.4) is 0 Å². The van der Waals surface area contributed by atoms with Crippen LogP contribution in [0.5, 0.6) is 5.75 Å². The van der Waals surface area contributed by atoms with Gasteiger partial charge in [0.1, 0.15) is 6.61 Å². The molecule has 0 radical (unpaired) electrons. The number of ether oxygens (including phenoxy) is 1. The number of aromatic nitrogens is 1. The Balaban J connectivity index is 1.96. The number of rotatable bonds is 6. The zero-order valence-electron chi connectivity index (χ0n) is 11.1. The predicted molar refractivity (Wildman–Crippen MR) is 75.0 cm³/mol. The summed E-state index contributed by atoms with van der Waals surface area (Å²) in [5.74, 6) is -0.0618. The molecular weight excluding hydrogens is 263 g/mol. The highest BCUT2D eigenvalue weighted by Crippen LogP contribution is 2.20.